The summed E-state index contributed by atoms with van der Waals surface area (Å²) in [5, 5.41) is 5.98. The molecule has 1 aromatic heterocycles. The highest BCUT2D eigenvalue weighted by Gasteiger charge is 2.38. The van der Waals surface area contributed by atoms with Crippen molar-refractivity contribution in [2.75, 3.05) is 6.61 Å². The molecule has 1 saturated carbocycles. The smallest absolute Gasteiger partial charge is 0.315 e. The summed E-state index contributed by atoms with van der Waals surface area (Å²) in [6, 6.07) is 5.84. The number of hydrogen-bond donors (Lipinski definition) is 2. The van der Waals surface area contributed by atoms with Gasteiger partial charge in [0.2, 0.25) is 0 Å². The number of nitrogens with one attached hydrogen (secondary N) is 2. The highest BCUT2D eigenvalue weighted by atomic mass is 16.5. The third-order valence-corrected chi connectivity index (χ3v) is 4.25. The lowest BCUT2D eigenvalue weighted by Gasteiger charge is -2.33. The Morgan fingerprint density at radius 1 is 1.35 bits per heavy atom. The van der Waals surface area contributed by atoms with E-state index >= 15 is 0 Å². The number of amides is 2. The molecule has 2 N–H and O–H groups in total. The molecule has 1 aliphatic heterocycles. The van der Waals surface area contributed by atoms with Crippen LogP contribution in [0.1, 0.15) is 31.4 Å². The molecule has 0 spiro atoms. The standard InChI is InChI=1S/C15H21N3O2/c19-15(17-10-11-4-1-2-8-16-11)18-13-5-3-6-14-12(13)7-9-20-14/h1-2,4,8,12-14H,3,5-7,9-10H2,(H2,17,18,19). The number of fused-ring (bicyclic) bond motifs is 1. The minimum absolute atomic E-state index is 0.104. The predicted molar refractivity (Wildman–Crippen MR) is 75.1 cm³/mol. The summed E-state index contributed by atoms with van der Waals surface area (Å²) in [4.78, 5) is 16.2. The van der Waals surface area contributed by atoms with Gasteiger partial charge < -0.3 is 15.4 Å². The summed E-state index contributed by atoms with van der Waals surface area (Å²) in [6.45, 7) is 1.30. The largest absolute Gasteiger partial charge is 0.378 e. The van der Waals surface area contributed by atoms with Crippen molar-refractivity contribution in [2.45, 2.75) is 44.4 Å². The van der Waals surface area contributed by atoms with Crippen molar-refractivity contribution in [1.29, 1.82) is 0 Å². The van der Waals surface area contributed by atoms with Crippen LogP contribution in [0.3, 0.4) is 0 Å². The van der Waals surface area contributed by atoms with Crippen LogP contribution in [0.15, 0.2) is 24.4 Å². The summed E-state index contributed by atoms with van der Waals surface area (Å²) >= 11 is 0. The molecule has 2 heterocycles. The van der Waals surface area contributed by atoms with Gasteiger partial charge in [0.25, 0.3) is 0 Å². The summed E-state index contributed by atoms with van der Waals surface area (Å²) in [5.41, 5.74) is 0.869. The Morgan fingerprint density at radius 3 is 3.15 bits per heavy atom. The molecule has 0 bridgehead atoms. The van der Waals surface area contributed by atoms with Crippen molar-refractivity contribution in [3.05, 3.63) is 30.1 Å². The lowest BCUT2D eigenvalue weighted by atomic mass is 9.82. The number of hydrogen-bond acceptors (Lipinski definition) is 3. The van der Waals surface area contributed by atoms with E-state index in [2.05, 4.69) is 15.6 Å². The molecule has 2 fully saturated rings. The Labute approximate surface area is 119 Å². The van der Waals surface area contributed by atoms with Crippen LogP contribution in [0.4, 0.5) is 4.79 Å². The Morgan fingerprint density at radius 2 is 2.30 bits per heavy atom. The van der Waals surface area contributed by atoms with Gasteiger partial charge in [0.1, 0.15) is 0 Å². The second-order valence-electron chi connectivity index (χ2n) is 5.55. The van der Waals surface area contributed by atoms with Gasteiger partial charge in [-0.2, -0.15) is 0 Å². The van der Waals surface area contributed by atoms with E-state index in [0.717, 1.165) is 38.0 Å². The first-order valence-electron chi connectivity index (χ1n) is 7.39. The monoisotopic (exact) mass is 275 g/mol. The third-order valence-electron chi connectivity index (χ3n) is 4.25. The molecule has 0 aromatic carbocycles. The van der Waals surface area contributed by atoms with Gasteiger partial charge in [-0.05, 0) is 37.8 Å². The van der Waals surface area contributed by atoms with Crippen LogP contribution in [0.5, 0.6) is 0 Å². The van der Waals surface area contributed by atoms with E-state index in [1.54, 1.807) is 6.20 Å². The fraction of sp³-hybridized carbons (Fsp3) is 0.600. The minimum atomic E-state index is -0.104. The number of carbonyl (C=O) groups excluding carboxylic acids is 1. The zero-order valence-corrected chi connectivity index (χ0v) is 11.5. The second-order valence-corrected chi connectivity index (χ2v) is 5.55. The first kappa shape index (κ1) is 13.4. The number of nitrogens with zero attached hydrogens (tertiary/aromatic N) is 1. The molecule has 108 valence electrons. The van der Waals surface area contributed by atoms with Crippen LogP contribution in [0.2, 0.25) is 0 Å². The Hall–Kier alpha value is -1.62. The first-order chi connectivity index (χ1) is 9.83. The molecular weight excluding hydrogens is 254 g/mol. The van der Waals surface area contributed by atoms with Crippen LogP contribution in [0, 0.1) is 5.92 Å². The third kappa shape index (κ3) is 3.10. The number of aromatic nitrogens is 1. The SMILES string of the molecule is O=C(NCc1ccccn1)NC1CCCC2OCCC12. The molecule has 3 unspecified atom stereocenters. The van der Waals surface area contributed by atoms with E-state index < -0.39 is 0 Å². The number of ether oxygens (including phenoxy) is 1. The summed E-state index contributed by atoms with van der Waals surface area (Å²) in [5.74, 6) is 0.490. The average molecular weight is 275 g/mol. The number of rotatable bonds is 3. The van der Waals surface area contributed by atoms with Gasteiger partial charge in [-0.15, -0.1) is 0 Å². The van der Waals surface area contributed by atoms with Gasteiger partial charge in [-0.25, -0.2) is 4.79 Å². The molecule has 5 nitrogen and oxygen atoms in total. The van der Waals surface area contributed by atoms with E-state index in [1.807, 2.05) is 18.2 Å². The minimum Gasteiger partial charge on any atom is -0.378 e. The maximum atomic E-state index is 12.0. The summed E-state index contributed by atoms with van der Waals surface area (Å²) in [7, 11) is 0. The lowest BCUT2D eigenvalue weighted by Crippen LogP contribution is -2.49. The zero-order valence-electron chi connectivity index (χ0n) is 11.5. The van der Waals surface area contributed by atoms with Gasteiger partial charge in [0.15, 0.2) is 0 Å². The highest BCUT2D eigenvalue weighted by molar-refractivity contribution is 5.74. The fourth-order valence-corrected chi connectivity index (χ4v) is 3.25. The van der Waals surface area contributed by atoms with Crippen molar-refractivity contribution < 1.29 is 9.53 Å². The molecule has 3 atom stereocenters. The van der Waals surface area contributed by atoms with Gasteiger partial charge in [0.05, 0.1) is 18.3 Å². The average Bonchev–Trinajstić information content (AvgIpc) is 2.96. The molecule has 0 radical (unpaired) electrons. The maximum Gasteiger partial charge on any atom is 0.315 e. The first-order valence-corrected chi connectivity index (χ1v) is 7.39. The van der Waals surface area contributed by atoms with Crippen LogP contribution in [-0.4, -0.2) is 29.8 Å². The van der Waals surface area contributed by atoms with E-state index in [4.69, 9.17) is 4.74 Å². The normalized spacial score (nSPS) is 28.7. The van der Waals surface area contributed by atoms with Crippen LogP contribution >= 0.6 is 0 Å². The molecule has 20 heavy (non-hydrogen) atoms. The predicted octanol–water partition coefficient (Wildman–Crippen LogP) is 1.84. The molecular formula is C15H21N3O2. The quantitative estimate of drug-likeness (QED) is 0.884. The number of pyridine rings is 1. The molecule has 2 amide bonds. The fourth-order valence-electron chi connectivity index (χ4n) is 3.25. The Balaban J connectivity index is 1.48. The van der Waals surface area contributed by atoms with Gasteiger partial charge in [-0.3, -0.25) is 4.98 Å². The summed E-state index contributed by atoms with van der Waals surface area (Å²) < 4.78 is 5.72. The Bertz CT molecular complexity index is 452. The van der Waals surface area contributed by atoms with E-state index in [9.17, 15) is 4.79 Å². The van der Waals surface area contributed by atoms with Crippen molar-refractivity contribution in [3.63, 3.8) is 0 Å². The van der Waals surface area contributed by atoms with Gasteiger partial charge in [-0.1, -0.05) is 6.07 Å². The lowest BCUT2D eigenvalue weighted by molar-refractivity contribution is 0.0549. The molecule has 1 saturated heterocycles. The number of carbonyl (C=O) groups is 1. The van der Waals surface area contributed by atoms with Gasteiger partial charge >= 0.3 is 6.03 Å². The van der Waals surface area contributed by atoms with Crippen molar-refractivity contribution in [3.8, 4) is 0 Å². The van der Waals surface area contributed by atoms with E-state index in [0.29, 0.717) is 18.6 Å². The number of urea groups is 1. The Kier molecular flexibility index (Phi) is 4.16. The maximum absolute atomic E-state index is 12.0. The van der Waals surface area contributed by atoms with Crippen LogP contribution < -0.4 is 10.6 Å². The van der Waals surface area contributed by atoms with Crippen LogP contribution in [0.25, 0.3) is 0 Å². The second kappa shape index (κ2) is 6.22. The molecule has 3 rings (SSSR count). The van der Waals surface area contributed by atoms with Gasteiger partial charge in [0, 0.05) is 24.8 Å². The highest BCUT2D eigenvalue weighted by Crippen LogP contribution is 2.34. The van der Waals surface area contributed by atoms with Crippen molar-refractivity contribution >= 4 is 6.03 Å². The van der Waals surface area contributed by atoms with E-state index in [1.165, 1.54) is 0 Å². The summed E-state index contributed by atoms with van der Waals surface area (Å²) in [6.07, 6.45) is 6.48. The van der Waals surface area contributed by atoms with Crippen molar-refractivity contribution in [1.82, 2.24) is 15.6 Å². The topological polar surface area (TPSA) is 63.2 Å². The van der Waals surface area contributed by atoms with Crippen LogP contribution in [-0.2, 0) is 11.3 Å². The molecule has 1 aliphatic carbocycles. The van der Waals surface area contributed by atoms with E-state index in [-0.39, 0.29) is 12.1 Å². The molecule has 1 aromatic rings. The van der Waals surface area contributed by atoms with Crippen molar-refractivity contribution in [2.24, 2.45) is 5.92 Å². The zero-order chi connectivity index (χ0) is 13.8. The molecule has 5 heteroatoms. The molecule has 2 aliphatic rings.